The van der Waals surface area contributed by atoms with Crippen LogP contribution in [0.25, 0.3) is 16.5 Å². The summed E-state index contributed by atoms with van der Waals surface area (Å²) in [7, 11) is 0. The van der Waals surface area contributed by atoms with Crippen LogP contribution in [0.4, 0.5) is 5.69 Å². The molecule has 98 valence electrons. The summed E-state index contributed by atoms with van der Waals surface area (Å²) in [6.07, 6.45) is 1.52. The Balaban J connectivity index is 2.34. The summed E-state index contributed by atoms with van der Waals surface area (Å²) in [5.41, 5.74) is -0.372. The zero-order valence-electron chi connectivity index (χ0n) is 10.3. The Bertz CT molecular complexity index is 871. The van der Waals surface area contributed by atoms with Crippen molar-refractivity contribution in [2.24, 2.45) is 0 Å². The first-order chi connectivity index (χ1) is 9.68. The molecule has 6 heteroatoms. The fourth-order valence-corrected chi connectivity index (χ4v) is 2.06. The van der Waals surface area contributed by atoms with Gasteiger partial charge in [-0.1, -0.05) is 30.3 Å². The summed E-state index contributed by atoms with van der Waals surface area (Å²) in [5.74, 6) is 0. The smallest absolute Gasteiger partial charge is 0.267 e. The van der Waals surface area contributed by atoms with Gasteiger partial charge in [-0.25, -0.2) is 0 Å². The minimum atomic E-state index is -0.529. The topological polar surface area (TPSA) is 78.0 Å². The number of benzene rings is 2. The normalized spacial score (nSPS) is 10.6. The summed E-state index contributed by atoms with van der Waals surface area (Å²) in [6.45, 7) is 0. The van der Waals surface area contributed by atoms with Gasteiger partial charge in [0.05, 0.1) is 16.5 Å². The number of nitrogens with zero attached hydrogens (tertiary/aromatic N) is 3. The van der Waals surface area contributed by atoms with Crippen LogP contribution >= 0.6 is 0 Å². The van der Waals surface area contributed by atoms with Gasteiger partial charge in [0.2, 0.25) is 0 Å². The van der Waals surface area contributed by atoms with Gasteiger partial charge in [0.25, 0.3) is 11.2 Å². The summed E-state index contributed by atoms with van der Waals surface area (Å²) < 4.78 is 1.06. The number of hydrogen-bond donors (Lipinski definition) is 0. The first-order valence-corrected chi connectivity index (χ1v) is 5.89. The third-order valence-electron chi connectivity index (χ3n) is 3.00. The number of para-hydroxylation sites is 2. The average molecular weight is 267 g/mol. The molecule has 3 aromatic rings. The maximum Gasteiger partial charge on any atom is 0.295 e. The summed E-state index contributed by atoms with van der Waals surface area (Å²) in [5, 5.41) is 16.2. The number of nitro groups is 1. The number of hydrogen-bond acceptors (Lipinski definition) is 4. The van der Waals surface area contributed by atoms with E-state index in [9.17, 15) is 14.9 Å². The largest absolute Gasteiger partial charge is 0.295 e. The molecule has 0 saturated carbocycles. The Morgan fingerprint density at radius 1 is 1.05 bits per heavy atom. The Morgan fingerprint density at radius 2 is 1.75 bits per heavy atom. The van der Waals surface area contributed by atoms with Crippen molar-refractivity contribution in [3.63, 3.8) is 0 Å². The Labute approximate surface area is 113 Å². The molecule has 0 aliphatic heterocycles. The maximum absolute atomic E-state index is 12.4. The minimum absolute atomic E-state index is 0.155. The molecule has 2 aromatic carbocycles. The van der Waals surface area contributed by atoms with E-state index in [2.05, 4.69) is 5.10 Å². The molecule has 0 amide bonds. The highest BCUT2D eigenvalue weighted by atomic mass is 16.6. The van der Waals surface area contributed by atoms with Gasteiger partial charge in [0.1, 0.15) is 5.69 Å². The van der Waals surface area contributed by atoms with Crippen molar-refractivity contribution in [1.29, 1.82) is 0 Å². The highest BCUT2D eigenvalue weighted by Crippen LogP contribution is 2.20. The SMILES string of the molecule is O=c1c2ccccc2cnn1-c1ccccc1[N+](=O)[O-]. The molecule has 0 N–H and O–H groups in total. The van der Waals surface area contributed by atoms with E-state index in [1.54, 1.807) is 36.4 Å². The minimum Gasteiger partial charge on any atom is -0.267 e. The number of fused-ring (bicyclic) bond motifs is 1. The molecular weight excluding hydrogens is 258 g/mol. The zero-order valence-corrected chi connectivity index (χ0v) is 10.3. The van der Waals surface area contributed by atoms with Crippen LogP contribution in [0, 0.1) is 10.1 Å². The molecule has 1 aromatic heterocycles. The van der Waals surface area contributed by atoms with Crippen LogP contribution in [-0.4, -0.2) is 14.7 Å². The Hall–Kier alpha value is -3.02. The van der Waals surface area contributed by atoms with E-state index in [-0.39, 0.29) is 16.9 Å². The lowest BCUT2D eigenvalue weighted by Gasteiger charge is -2.06. The lowest BCUT2D eigenvalue weighted by atomic mass is 10.2. The van der Waals surface area contributed by atoms with Gasteiger partial charge < -0.3 is 0 Å². The third kappa shape index (κ3) is 1.83. The molecule has 0 spiro atoms. The second kappa shape index (κ2) is 4.58. The van der Waals surface area contributed by atoms with Gasteiger partial charge >= 0.3 is 0 Å². The molecule has 0 atom stereocenters. The molecule has 6 nitrogen and oxygen atoms in total. The highest BCUT2D eigenvalue weighted by molar-refractivity contribution is 5.80. The van der Waals surface area contributed by atoms with Gasteiger partial charge in [-0.15, -0.1) is 0 Å². The molecule has 0 saturated heterocycles. The predicted molar refractivity (Wildman–Crippen MR) is 74.0 cm³/mol. The van der Waals surface area contributed by atoms with Gasteiger partial charge in [0.15, 0.2) is 0 Å². The number of rotatable bonds is 2. The van der Waals surface area contributed by atoms with Crippen LogP contribution in [0.5, 0.6) is 0 Å². The van der Waals surface area contributed by atoms with E-state index in [4.69, 9.17) is 0 Å². The monoisotopic (exact) mass is 267 g/mol. The molecule has 0 bridgehead atoms. The Morgan fingerprint density at radius 3 is 2.55 bits per heavy atom. The van der Waals surface area contributed by atoms with Crippen molar-refractivity contribution in [3.05, 3.63) is 75.2 Å². The molecule has 0 fully saturated rings. The van der Waals surface area contributed by atoms with E-state index < -0.39 is 4.92 Å². The fourth-order valence-electron chi connectivity index (χ4n) is 2.06. The van der Waals surface area contributed by atoms with E-state index in [1.807, 2.05) is 0 Å². The lowest BCUT2D eigenvalue weighted by Crippen LogP contribution is -2.21. The summed E-state index contributed by atoms with van der Waals surface area (Å²) in [6, 6.07) is 13.0. The van der Waals surface area contributed by atoms with Crippen molar-refractivity contribution < 1.29 is 4.92 Å². The van der Waals surface area contributed by atoms with Crippen LogP contribution in [-0.2, 0) is 0 Å². The molecular formula is C14H9N3O3. The number of aromatic nitrogens is 2. The van der Waals surface area contributed by atoms with E-state index >= 15 is 0 Å². The quantitative estimate of drug-likeness (QED) is 0.527. The first kappa shape index (κ1) is 12.0. The van der Waals surface area contributed by atoms with Gasteiger partial charge in [0, 0.05) is 11.5 Å². The van der Waals surface area contributed by atoms with Crippen molar-refractivity contribution in [1.82, 2.24) is 9.78 Å². The Kier molecular flexibility index (Phi) is 2.76. The highest BCUT2D eigenvalue weighted by Gasteiger charge is 2.16. The summed E-state index contributed by atoms with van der Waals surface area (Å²) >= 11 is 0. The molecule has 0 radical (unpaired) electrons. The zero-order chi connectivity index (χ0) is 14.1. The lowest BCUT2D eigenvalue weighted by molar-refractivity contribution is -0.384. The fraction of sp³-hybridized carbons (Fsp3) is 0. The summed E-state index contributed by atoms with van der Waals surface area (Å²) in [4.78, 5) is 22.9. The standard InChI is InChI=1S/C14H9N3O3/c18-14-11-6-2-1-5-10(11)9-15-16(14)12-7-3-4-8-13(12)17(19)20/h1-9H. The van der Waals surface area contributed by atoms with E-state index in [0.29, 0.717) is 10.8 Å². The van der Waals surface area contributed by atoms with Crippen LogP contribution in [0.1, 0.15) is 0 Å². The second-order valence-corrected chi connectivity index (χ2v) is 4.19. The molecule has 0 unspecified atom stereocenters. The average Bonchev–Trinajstić information content (AvgIpc) is 2.48. The second-order valence-electron chi connectivity index (χ2n) is 4.19. The molecule has 0 aliphatic carbocycles. The van der Waals surface area contributed by atoms with Crippen LogP contribution in [0.3, 0.4) is 0 Å². The van der Waals surface area contributed by atoms with E-state index in [1.165, 1.54) is 18.3 Å². The van der Waals surface area contributed by atoms with E-state index in [0.717, 1.165) is 4.68 Å². The van der Waals surface area contributed by atoms with Crippen molar-refractivity contribution in [2.45, 2.75) is 0 Å². The van der Waals surface area contributed by atoms with Gasteiger partial charge in [-0.2, -0.15) is 9.78 Å². The van der Waals surface area contributed by atoms with Crippen LogP contribution < -0.4 is 5.56 Å². The maximum atomic E-state index is 12.4. The molecule has 20 heavy (non-hydrogen) atoms. The first-order valence-electron chi connectivity index (χ1n) is 5.89. The van der Waals surface area contributed by atoms with Crippen molar-refractivity contribution in [2.75, 3.05) is 0 Å². The van der Waals surface area contributed by atoms with Crippen LogP contribution in [0.15, 0.2) is 59.5 Å². The van der Waals surface area contributed by atoms with Gasteiger partial charge in [-0.05, 0) is 12.1 Å². The van der Waals surface area contributed by atoms with Gasteiger partial charge in [-0.3, -0.25) is 14.9 Å². The van der Waals surface area contributed by atoms with Crippen molar-refractivity contribution >= 4 is 16.5 Å². The molecule has 1 heterocycles. The van der Waals surface area contributed by atoms with Crippen LogP contribution in [0.2, 0.25) is 0 Å². The molecule has 0 aliphatic rings. The predicted octanol–water partition coefficient (Wildman–Crippen LogP) is 2.29. The molecule has 3 rings (SSSR count). The number of nitro benzene ring substituents is 1. The van der Waals surface area contributed by atoms with Crippen molar-refractivity contribution in [3.8, 4) is 5.69 Å². The third-order valence-corrected chi connectivity index (χ3v) is 3.00.